The molecule has 0 unspecified atom stereocenters. The van der Waals surface area contributed by atoms with E-state index < -0.39 is 23.5 Å². The lowest BCUT2D eigenvalue weighted by Gasteiger charge is -2.15. The third-order valence-corrected chi connectivity index (χ3v) is 4.80. The van der Waals surface area contributed by atoms with E-state index in [0.29, 0.717) is 5.69 Å². The molecular weight excluding hydrogens is 332 g/mol. The number of Topliss-reactive ketones (excluding diaryl/α,β-unsaturated/α-hetero) is 1. The van der Waals surface area contributed by atoms with Gasteiger partial charge in [-0.15, -0.1) is 0 Å². The molecule has 1 aliphatic carbocycles. The molecule has 1 aromatic heterocycles. The third-order valence-electron chi connectivity index (χ3n) is 4.80. The number of hydrogen-bond acceptors (Lipinski definition) is 5. The Morgan fingerprint density at radius 3 is 2.42 bits per heavy atom. The molecule has 132 valence electrons. The van der Waals surface area contributed by atoms with Crippen molar-refractivity contribution in [3.63, 3.8) is 0 Å². The van der Waals surface area contributed by atoms with Crippen molar-refractivity contribution in [1.82, 2.24) is 15.3 Å². The number of carbonyl (C=O) groups excluding carboxylic acids is 3. The summed E-state index contributed by atoms with van der Waals surface area (Å²) in [5.41, 5.74) is 1.26. The van der Waals surface area contributed by atoms with Gasteiger partial charge in [0.05, 0.1) is 29.9 Å². The first-order valence-corrected chi connectivity index (χ1v) is 8.61. The predicted octanol–water partition coefficient (Wildman–Crippen LogP) is 1.07. The predicted molar refractivity (Wildman–Crippen MR) is 93.2 cm³/mol. The summed E-state index contributed by atoms with van der Waals surface area (Å²) in [6.45, 7) is 0.142. The van der Waals surface area contributed by atoms with Crippen molar-refractivity contribution in [1.29, 1.82) is 0 Å². The summed E-state index contributed by atoms with van der Waals surface area (Å²) in [5.74, 6) is -2.78. The second-order valence-electron chi connectivity index (χ2n) is 6.65. The molecule has 2 atom stereocenters. The molecular formula is C19H18N4O3. The van der Waals surface area contributed by atoms with E-state index >= 15 is 0 Å². The summed E-state index contributed by atoms with van der Waals surface area (Å²) in [6, 6.07) is 9.21. The van der Waals surface area contributed by atoms with Gasteiger partial charge >= 0.3 is 0 Å². The largest absolute Gasteiger partial charge is 0.347 e. The van der Waals surface area contributed by atoms with Gasteiger partial charge in [0.25, 0.3) is 5.91 Å². The lowest BCUT2D eigenvalue weighted by atomic mass is 9.85. The minimum absolute atomic E-state index is 0.0948. The van der Waals surface area contributed by atoms with Crippen molar-refractivity contribution >= 4 is 23.3 Å². The van der Waals surface area contributed by atoms with Gasteiger partial charge in [-0.2, -0.15) is 0 Å². The van der Waals surface area contributed by atoms with Crippen LogP contribution >= 0.6 is 0 Å². The zero-order chi connectivity index (χ0) is 18.1. The highest BCUT2D eigenvalue weighted by Crippen LogP contribution is 2.37. The Morgan fingerprint density at radius 2 is 1.77 bits per heavy atom. The van der Waals surface area contributed by atoms with Gasteiger partial charge in [-0.3, -0.25) is 14.4 Å². The SMILES string of the molecule is O=C(NC1CC1)C(=O)[C@H]1CN(c2cncnc2)C(=O)[C@@H]1c1ccccc1. The number of nitrogens with zero attached hydrogens (tertiary/aromatic N) is 3. The highest BCUT2D eigenvalue weighted by Gasteiger charge is 2.47. The van der Waals surface area contributed by atoms with Crippen molar-refractivity contribution in [3.05, 3.63) is 54.6 Å². The van der Waals surface area contributed by atoms with E-state index in [2.05, 4.69) is 15.3 Å². The maximum atomic E-state index is 13.1. The Balaban J connectivity index is 1.66. The molecule has 2 amide bonds. The molecule has 0 bridgehead atoms. The molecule has 2 heterocycles. The van der Waals surface area contributed by atoms with Gasteiger partial charge in [0.2, 0.25) is 11.7 Å². The molecule has 4 rings (SSSR count). The molecule has 1 N–H and O–H groups in total. The molecule has 2 aromatic rings. The van der Waals surface area contributed by atoms with Gasteiger partial charge in [0.15, 0.2) is 0 Å². The van der Waals surface area contributed by atoms with Crippen LogP contribution < -0.4 is 10.2 Å². The normalized spacial score (nSPS) is 22.3. The number of aromatic nitrogens is 2. The fourth-order valence-corrected chi connectivity index (χ4v) is 3.32. The molecule has 7 nitrogen and oxygen atoms in total. The van der Waals surface area contributed by atoms with Crippen molar-refractivity contribution in [2.24, 2.45) is 5.92 Å². The Kier molecular flexibility index (Phi) is 4.20. The lowest BCUT2D eigenvalue weighted by molar-refractivity contribution is -0.140. The van der Waals surface area contributed by atoms with Crippen LogP contribution in [0.2, 0.25) is 0 Å². The standard InChI is InChI=1S/C19H18N4O3/c24-17(18(25)22-13-6-7-13)15-10-23(14-8-20-11-21-9-14)19(26)16(15)12-4-2-1-3-5-12/h1-5,8-9,11,13,15-16H,6-7,10H2,(H,22,25)/t15-,16+/m0/s1. The molecule has 1 saturated carbocycles. The zero-order valence-electron chi connectivity index (χ0n) is 14.0. The molecule has 2 aliphatic rings. The van der Waals surface area contributed by atoms with Crippen LogP contribution in [0.1, 0.15) is 24.3 Å². The summed E-state index contributed by atoms with van der Waals surface area (Å²) >= 11 is 0. The molecule has 0 spiro atoms. The van der Waals surface area contributed by atoms with Crippen LogP contribution in [0.3, 0.4) is 0 Å². The van der Waals surface area contributed by atoms with E-state index in [1.807, 2.05) is 30.3 Å². The van der Waals surface area contributed by atoms with Crippen molar-refractivity contribution in [2.45, 2.75) is 24.8 Å². The van der Waals surface area contributed by atoms with E-state index in [1.54, 1.807) is 0 Å². The first-order chi connectivity index (χ1) is 12.6. The maximum absolute atomic E-state index is 13.1. The van der Waals surface area contributed by atoms with E-state index in [9.17, 15) is 14.4 Å². The smallest absolute Gasteiger partial charge is 0.287 e. The molecule has 2 fully saturated rings. The van der Waals surface area contributed by atoms with Gasteiger partial charge in [-0.1, -0.05) is 30.3 Å². The highest BCUT2D eigenvalue weighted by molar-refractivity contribution is 6.38. The quantitative estimate of drug-likeness (QED) is 0.815. The lowest BCUT2D eigenvalue weighted by Crippen LogP contribution is -2.39. The van der Waals surface area contributed by atoms with Gasteiger partial charge in [-0.05, 0) is 18.4 Å². The average Bonchev–Trinajstić information content (AvgIpc) is 3.42. The second-order valence-corrected chi connectivity index (χ2v) is 6.65. The number of nitrogens with one attached hydrogen (secondary N) is 1. The summed E-state index contributed by atoms with van der Waals surface area (Å²) in [4.78, 5) is 47.5. The molecule has 1 saturated heterocycles. The minimum atomic E-state index is -0.733. The van der Waals surface area contributed by atoms with Crippen LogP contribution in [-0.2, 0) is 14.4 Å². The fourth-order valence-electron chi connectivity index (χ4n) is 3.32. The van der Waals surface area contributed by atoms with Gasteiger partial charge in [-0.25, -0.2) is 9.97 Å². The summed E-state index contributed by atoms with van der Waals surface area (Å²) in [7, 11) is 0. The van der Waals surface area contributed by atoms with Gasteiger partial charge < -0.3 is 10.2 Å². The number of hydrogen-bond donors (Lipinski definition) is 1. The first kappa shape index (κ1) is 16.4. The van der Waals surface area contributed by atoms with Gasteiger partial charge in [0, 0.05) is 12.6 Å². The van der Waals surface area contributed by atoms with E-state index in [1.165, 1.54) is 23.6 Å². The Labute approximate surface area is 150 Å². The van der Waals surface area contributed by atoms with Crippen LogP contribution in [0.25, 0.3) is 0 Å². The summed E-state index contributed by atoms with van der Waals surface area (Å²) in [5, 5.41) is 2.73. The van der Waals surface area contributed by atoms with Crippen LogP contribution in [0, 0.1) is 5.92 Å². The second kappa shape index (κ2) is 6.67. The monoisotopic (exact) mass is 350 g/mol. The summed E-state index contributed by atoms with van der Waals surface area (Å²) in [6.07, 6.45) is 6.25. The number of carbonyl (C=O) groups is 3. The number of rotatable bonds is 5. The number of benzene rings is 1. The van der Waals surface area contributed by atoms with E-state index in [4.69, 9.17) is 0 Å². The van der Waals surface area contributed by atoms with Crippen LogP contribution in [-0.4, -0.2) is 40.2 Å². The van der Waals surface area contributed by atoms with Crippen LogP contribution in [0.5, 0.6) is 0 Å². The molecule has 7 heteroatoms. The number of ketones is 1. The Bertz CT molecular complexity index is 836. The van der Waals surface area contributed by atoms with Crippen molar-refractivity contribution < 1.29 is 14.4 Å². The fraction of sp³-hybridized carbons (Fsp3) is 0.316. The van der Waals surface area contributed by atoms with Crippen molar-refractivity contribution in [3.8, 4) is 0 Å². The number of anilines is 1. The Morgan fingerprint density at radius 1 is 1.08 bits per heavy atom. The Hall–Kier alpha value is -3.09. The molecule has 1 aromatic carbocycles. The topological polar surface area (TPSA) is 92.3 Å². The first-order valence-electron chi connectivity index (χ1n) is 8.61. The van der Waals surface area contributed by atoms with E-state index in [0.717, 1.165) is 18.4 Å². The minimum Gasteiger partial charge on any atom is -0.347 e. The highest BCUT2D eigenvalue weighted by atomic mass is 16.2. The van der Waals surface area contributed by atoms with Crippen molar-refractivity contribution in [2.75, 3.05) is 11.4 Å². The van der Waals surface area contributed by atoms with Gasteiger partial charge in [0.1, 0.15) is 6.33 Å². The third kappa shape index (κ3) is 3.08. The van der Waals surface area contributed by atoms with Crippen LogP contribution in [0.4, 0.5) is 5.69 Å². The molecule has 0 radical (unpaired) electrons. The zero-order valence-corrected chi connectivity index (χ0v) is 14.0. The van der Waals surface area contributed by atoms with E-state index in [-0.39, 0.29) is 18.5 Å². The van der Waals surface area contributed by atoms with Crippen LogP contribution in [0.15, 0.2) is 49.1 Å². The average molecular weight is 350 g/mol. The summed E-state index contributed by atoms with van der Waals surface area (Å²) < 4.78 is 0. The molecule has 1 aliphatic heterocycles. The number of amides is 2. The molecule has 26 heavy (non-hydrogen) atoms. The maximum Gasteiger partial charge on any atom is 0.287 e.